The molecule has 0 saturated heterocycles. The zero-order chi connectivity index (χ0) is 14.8. The van der Waals surface area contributed by atoms with Gasteiger partial charge >= 0.3 is 0 Å². The molecule has 0 N–H and O–H groups in total. The van der Waals surface area contributed by atoms with Gasteiger partial charge in [-0.05, 0) is 12.1 Å². The van der Waals surface area contributed by atoms with Gasteiger partial charge in [-0.15, -0.1) is 16.4 Å². The van der Waals surface area contributed by atoms with Gasteiger partial charge in [0.2, 0.25) is 5.13 Å². The number of benzene rings is 1. The average Bonchev–Trinajstić information content (AvgIpc) is 3.26. The van der Waals surface area contributed by atoms with Gasteiger partial charge < -0.3 is 0 Å². The van der Waals surface area contributed by atoms with Crippen molar-refractivity contribution in [1.82, 2.24) is 25.0 Å². The summed E-state index contributed by atoms with van der Waals surface area (Å²) in [7, 11) is 0. The molecule has 0 aliphatic heterocycles. The summed E-state index contributed by atoms with van der Waals surface area (Å²) in [6.45, 7) is 0. The molecule has 0 fully saturated rings. The molecule has 3 aromatic heterocycles. The minimum absolute atomic E-state index is 0.782. The van der Waals surface area contributed by atoms with E-state index in [9.17, 15) is 0 Å². The van der Waals surface area contributed by atoms with Gasteiger partial charge in [0.15, 0.2) is 0 Å². The number of hydrogen-bond donors (Lipinski definition) is 0. The third-order valence-corrected chi connectivity index (χ3v) is 4.04. The van der Waals surface area contributed by atoms with Crippen molar-refractivity contribution in [3.8, 4) is 27.6 Å². The van der Waals surface area contributed by atoms with Crippen LogP contribution in [0.4, 0.5) is 0 Å². The Kier molecular flexibility index (Phi) is 3.21. The minimum Gasteiger partial charge on any atom is -0.264 e. The van der Waals surface area contributed by atoms with E-state index in [-0.39, 0.29) is 0 Å². The fourth-order valence-electron chi connectivity index (χ4n) is 2.11. The molecular weight excluding hydrogens is 294 g/mol. The summed E-state index contributed by atoms with van der Waals surface area (Å²) in [6, 6.07) is 13.9. The maximum Gasteiger partial charge on any atom is 0.212 e. The van der Waals surface area contributed by atoms with Crippen LogP contribution in [0.1, 0.15) is 0 Å². The highest BCUT2D eigenvalue weighted by molar-refractivity contribution is 7.12. The third-order valence-electron chi connectivity index (χ3n) is 3.21. The van der Waals surface area contributed by atoms with Crippen molar-refractivity contribution >= 4 is 11.3 Å². The van der Waals surface area contributed by atoms with Crippen LogP contribution >= 0.6 is 11.3 Å². The summed E-state index contributed by atoms with van der Waals surface area (Å²) < 4.78 is 1.69. The molecule has 4 aromatic rings. The monoisotopic (exact) mass is 305 g/mol. The molecule has 0 bridgehead atoms. The summed E-state index contributed by atoms with van der Waals surface area (Å²) in [4.78, 5) is 8.72. The van der Waals surface area contributed by atoms with Crippen LogP contribution in [0, 0.1) is 0 Å². The number of nitrogens with zero attached hydrogens (tertiary/aromatic N) is 5. The Labute approximate surface area is 130 Å². The minimum atomic E-state index is 0.782. The van der Waals surface area contributed by atoms with E-state index in [1.807, 2.05) is 54.0 Å². The fraction of sp³-hybridized carbons (Fsp3) is 0. The molecule has 4 rings (SSSR count). The third kappa shape index (κ3) is 2.40. The average molecular weight is 305 g/mol. The van der Waals surface area contributed by atoms with E-state index in [4.69, 9.17) is 0 Å². The van der Waals surface area contributed by atoms with Crippen LogP contribution in [-0.4, -0.2) is 25.0 Å². The van der Waals surface area contributed by atoms with Gasteiger partial charge in [0.25, 0.3) is 0 Å². The first-order valence-corrected chi connectivity index (χ1v) is 7.62. The number of aromatic nitrogens is 5. The summed E-state index contributed by atoms with van der Waals surface area (Å²) >= 11 is 1.54. The van der Waals surface area contributed by atoms with E-state index >= 15 is 0 Å². The number of hydrogen-bond acceptors (Lipinski definition) is 5. The van der Waals surface area contributed by atoms with Gasteiger partial charge in [-0.2, -0.15) is 4.68 Å². The lowest BCUT2D eigenvalue weighted by atomic mass is 10.2. The molecule has 0 amide bonds. The van der Waals surface area contributed by atoms with E-state index in [2.05, 4.69) is 20.3 Å². The lowest BCUT2D eigenvalue weighted by molar-refractivity contribution is 0.798. The topological polar surface area (TPSA) is 56.5 Å². The van der Waals surface area contributed by atoms with Gasteiger partial charge in [-0.1, -0.05) is 35.5 Å². The highest BCUT2D eigenvalue weighted by Gasteiger charge is 2.09. The molecule has 0 unspecified atom stereocenters. The zero-order valence-electron chi connectivity index (χ0n) is 11.5. The van der Waals surface area contributed by atoms with Crippen LogP contribution in [-0.2, 0) is 0 Å². The second-order valence-corrected chi connectivity index (χ2v) is 5.51. The molecule has 106 valence electrons. The molecule has 0 aliphatic carbocycles. The Bertz CT molecular complexity index is 807. The maximum atomic E-state index is 4.62. The standard InChI is InChI=1S/C16H11N5S/c1-2-5-12(6-3-1)15-11-22-16(18-15)21-10-14(19-20-21)13-7-4-8-17-9-13/h1-11H. The Morgan fingerprint density at radius 1 is 0.909 bits per heavy atom. The zero-order valence-corrected chi connectivity index (χ0v) is 12.3. The van der Waals surface area contributed by atoms with Crippen molar-refractivity contribution in [2.75, 3.05) is 0 Å². The van der Waals surface area contributed by atoms with Crippen molar-refractivity contribution in [2.45, 2.75) is 0 Å². The molecule has 0 radical (unpaired) electrons. The molecule has 0 saturated carbocycles. The van der Waals surface area contributed by atoms with Crippen molar-refractivity contribution < 1.29 is 0 Å². The van der Waals surface area contributed by atoms with Crippen LogP contribution in [0.5, 0.6) is 0 Å². The first kappa shape index (κ1) is 12.8. The van der Waals surface area contributed by atoms with Crippen molar-refractivity contribution in [3.63, 3.8) is 0 Å². The highest BCUT2D eigenvalue weighted by atomic mass is 32.1. The van der Waals surface area contributed by atoms with Crippen molar-refractivity contribution in [1.29, 1.82) is 0 Å². The largest absolute Gasteiger partial charge is 0.264 e. The van der Waals surface area contributed by atoms with Crippen molar-refractivity contribution in [2.24, 2.45) is 0 Å². The quantitative estimate of drug-likeness (QED) is 0.581. The lowest BCUT2D eigenvalue weighted by Gasteiger charge is -1.95. The molecule has 0 spiro atoms. The fourth-order valence-corrected chi connectivity index (χ4v) is 2.87. The van der Waals surface area contributed by atoms with Gasteiger partial charge in [0, 0.05) is 28.9 Å². The van der Waals surface area contributed by atoms with E-state index in [0.29, 0.717) is 0 Å². The SMILES string of the molecule is c1ccc(-c2csc(-n3cc(-c4cccnc4)nn3)n2)cc1. The van der Waals surface area contributed by atoms with Crippen LogP contribution in [0.3, 0.4) is 0 Å². The highest BCUT2D eigenvalue weighted by Crippen LogP contribution is 2.24. The number of thiazole rings is 1. The molecule has 1 aromatic carbocycles. The maximum absolute atomic E-state index is 4.62. The second kappa shape index (κ2) is 5.50. The van der Waals surface area contributed by atoms with Gasteiger partial charge in [0.05, 0.1) is 11.9 Å². The van der Waals surface area contributed by atoms with E-state index in [0.717, 1.165) is 27.6 Å². The Balaban J connectivity index is 1.66. The molecule has 22 heavy (non-hydrogen) atoms. The van der Waals surface area contributed by atoms with Crippen LogP contribution < -0.4 is 0 Å². The smallest absolute Gasteiger partial charge is 0.212 e. The van der Waals surface area contributed by atoms with Crippen LogP contribution in [0.15, 0.2) is 66.4 Å². The molecule has 3 heterocycles. The Morgan fingerprint density at radius 2 is 1.77 bits per heavy atom. The number of pyridine rings is 1. The molecular formula is C16H11N5S. The summed E-state index contributed by atoms with van der Waals surface area (Å²) in [5.74, 6) is 0. The Morgan fingerprint density at radius 3 is 2.59 bits per heavy atom. The van der Waals surface area contributed by atoms with Gasteiger partial charge in [-0.25, -0.2) is 4.98 Å². The molecule has 5 nitrogen and oxygen atoms in total. The van der Waals surface area contributed by atoms with Crippen molar-refractivity contribution in [3.05, 3.63) is 66.4 Å². The molecule has 0 aliphatic rings. The Hall–Kier alpha value is -2.86. The first-order valence-electron chi connectivity index (χ1n) is 6.74. The van der Waals surface area contributed by atoms with Crippen LogP contribution in [0.25, 0.3) is 27.6 Å². The van der Waals surface area contributed by atoms with Gasteiger partial charge in [0.1, 0.15) is 5.69 Å². The summed E-state index contributed by atoms with van der Waals surface area (Å²) in [5, 5.41) is 11.2. The first-order chi connectivity index (χ1) is 10.9. The molecule has 0 atom stereocenters. The van der Waals surface area contributed by atoms with E-state index in [1.54, 1.807) is 17.1 Å². The van der Waals surface area contributed by atoms with Gasteiger partial charge in [-0.3, -0.25) is 4.98 Å². The van der Waals surface area contributed by atoms with E-state index < -0.39 is 0 Å². The summed E-state index contributed by atoms with van der Waals surface area (Å²) in [6.07, 6.45) is 5.37. The number of rotatable bonds is 3. The molecule has 6 heteroatoms. The van der Waals surface area contributed by atoms with Crippen LogP contribution in [0.2, 0.25) is 0 Å². The van der Waals surface area contributed by atoms with E-state index in [1.165, 1.54) is 11.3 Å². The summed E-state index contributed by atoms with van der Waals surface area (Å²) in [5.41, 5.74) is 3.76. The predicted octanol–water partition coefficient (Wildman–Crippen LogP) is 3.45. The normalized spacial score (nSPS) is 10.7. The lowest BCUT2D eigenvalue weighted by Crippen LogP contribution is -1.93. The second-order valence-electron chi connectivity index (χ2n) is 4.67. The predicted molar refractivity (Wildman–Crippen MR) is 85.7 cm³/mol.